The molecule has 1 heterocycles. The predicted octanol–water partition coefficient (Wildman–Crippen LogP) is -0.126. The lowest BCUT2D eigenvalue weighted by Gasteiger charge is -2.00. The van der Waals surface area contributed by atoms with Crippen LogP contribution in [0.15, 0.2) is 0 Å². The first kappa shape index (κ1) is 14.4. The van der Waals surface area contributed by atoms with Crippen LogP contribution in [0.2, 0.25) is 0 Å². The molecule has 1 saturated heterocycles. The third kappa shape index (κ3) is 6.48. The normalized spacial score (nSPS) is 21.4. The molecule has 15 heavy (non-hydrogen) atoms. The van der Waals surface area contributed by atoms with Crippen LogP contribution in [0.1, 0.15) is 19.8 Å². The summed E-state index contributed by atoms with van der Waals surface area (Å²) in [6.45, 7) is 2.55. The van der Waals surface area contributed by atoms with Crippen LogP contribution in [0.3, 0.4) is 0 Å². The molecule has 0 saturated carbocycles. The van der Waals surface area contributed by atoms with Crippen molar-refractivity contribution in [3.05, 3.63) is 0 Å². The second-order valence-electron chi connectivity index (χ2n) is 3.34. The Labute approximate surface area is 95.0 Å². The second kappa shape index (κ2) is 7.67. The molecule has 0 bridgehead atoms. The second-order valence-corrected chi connectivity index (χ2v) is 3.78. The lowest BCUT2D eigenvalue weighted by Crippen LogP contribution is -2.29. The highest BCUT2D eigenvalue weighted by molar-refractivity contribution is 7.96. The minimum atomic E-state index is -0.817. The summed E-state index contributed by atoms with van der Waals surface area (Å²) in [6, 6.07) is -0.390. The molecule has 0 spiro atoms. The Morgan fingerprint density at radius 1 is 1.60 bits per heavy atom. The van der Waals surface area contributed by atoms with Crippen molar-refractivity contribution >= 4 is 23.7 Å². The van der Waals surface area contributed by atoms with E-state index in [1.54, 1.807) is 14.0 Å². The van der Waals surface area contributed by atoms with Crippen LogP contribution >= 0.6 is 12.6 Å². The average Bonchev–Trinajstić information content (AvgIpc) is 2.70. The van der Waals surface area contributed by atoms with Gasteiger partial charge in [-0.3, -0.25) is 9.59 Å². The van der Waals surface area contributed by atoms with Crippen LogP contribution in [0.4, 0.5) is 0 Å². The standard InChI is InChI=1S/C5H9NOS.C4H9NO2/c7-5(8)4-2-1-3-6-4;1-3(5-2)4(6)7/h4,6H,1-3H2,(H,7,8);3,5H,1-2H3,(H,6,7)/t4-;3-/m00/s1. The van der Waals surface area contributed by atoms with Crippen LogP contribution in [0.25, 0.3) is 0 Å². The van der Waals surface area contributed by atoms with Gasteiger partial charge in [-0.1, -0.05) is 0 Å². The van der Waals surface area contributed by atoms with Crippen molar-refractivity contribution in [2.75, 3.05) is 13.6 Å². The molecule has 0 radical (unpaired) electrons. The molecule has 0 amide bonds. The van der Waals surface area contributed by atoms with Gasteiger partial charge in [0, 0.05) is 0 Å². The minimum Gasteiger partial charge on any atom is -0.480 e. The zero-order valence-electron chi connectivity index (χ0n) is 8.99. The molecule has 1 aliphatic heterocycles. The number of thiol groups is 1. The number of carbonyl (C=O) groups excluding carboxylic acids is 1. The largest absolute Gasteiger partial charge is 0.480 e. The zero-order valence-corrected chi connectivity index (χ0v) is 9.88. The molecule has 1 rings (SSSR count). The van der Waals surface area contributed by atoms with E-state index in [1.807, 2.05) is 0 Å². The van der Waals surface area contributed by atoms with E-state index in [4.69, 9.17) is 5.11 Å². The molecule has 0 aromatic rings. The Morgan fingerprint density at radius 3 is 2.33 bits per heavy atom. The molecule has 0 aromatic heterocycles. The van der Waals surface area contributed by atoms with E-state index in [-0.39, 0.29) is 11.2 Å². The van der Waals surface area contributed by atoms with Crippen LogP contribution in [-0.4, -0.2) is 41.9 Å². The van der Waals surface area contributed by atoms with Gasteiger partial charge in [-0.25, -0.2) is 0 Å². The van der Waals surface area contributed by atoms with Crippen molar-refractivity contribution in [2.45, 2.75) is 31.8 Å². The van der Waals surface area contributed by atoms with E-state index in [0.717, 1.165) is 19.4 Å². The van der Waals surface area contributed by atoms with Gasteiger partial charge in [-0.05, 0) is 33.4 Å². The van der Waals surface area contributed by atoms with Gasteiger partial charge in [0.25, 0.3) is 0 Å². The van der Waals surface area contributed by atoms with Crippen LogP contribution in [-0.2, 0) is 9.59 Å². The third-order valence-electron chi connectivity index (χ3n) is 2.16. The highest BCUT2D eigenvalue weighted by Crippen LogP contribution is 2.06. The van der Waals surface area contributed by atoms with Gasteiger partial charge in [0.15, 0.2) is 0 Å². The van der Waals surface area contributed by atoms with Crippen molar-refractivity contribution in [2.24, 2.45) is 0 Å². The number of carboxylic acid groups (broad SMARTS) is 1. The van der Waals surface area contributed by atoms with Gasteiger partial charge >= 0.3 is 5.97 Å². The Bertz CT molecular complexity index is 217. The topological polar surface area (TPSA) is 78.4 Å². The number of nitrogens with one attached hydrogen (secondary N) is 2. The smallest absolute Gasteiger partial charge is 0.320 e. The van der Waals surface area contributed by atoms with Crippen molar-refractivity contribution in [3.63, 3.8) is 0 Å². The molecule has 5 nitrogen and oxygen atoms in total. The molecule has 0 aromatic carbocycles. The fraction of sp³-hybridized carbons (Fsp3) is 0.778. The Hall–Kier alpha value is -0.590. The number of aliphatic carboxylic acids is 1. The molecule has 2 atom stereocenters. The highest BCUT2D eigenvalue weighted by Gasteiger charge is 2.18. The maximum atomic E-state index is 10.4. The van der Waals surface area contributed by atoms with Crippen LogP contribution in [0, 0.1) is 0 Å². The number of hydrogen-bond donors (Lipinski definition) is 4. The predicted molar refractivity (Wildman–Crippen MR) is 61.2 cm³/mol. The zero-order chi connectivity index (χ0) is 11.8. The number of likely N-dealkylation sites (N-methyl/N-ethyl adjacent to an activating group) is 1. The summed E-state index contributed by atoms with van der Waals surface area (Å²) in [4.78, 5) is 20.3. The summed E-state index contributed by atoms with van der Waals surface area (Å²) in [5.41, 5.74) is 0. The van der Waals surface area contributed by atoms with Crippen molar-refractivity contribution in [1.29, 1.82) is 0 Å². The average molecular weight is 234 g/mol. The lowest BCUT2D eigenvalue weighted by atomic mass is 10.2. The molecular weight excluding hydrogens is 216 g/mol. The van der Waals surface area contributed by atoms with E-state index in [2.05, 4.69) is 23.3 Å². The molecular formula is C9H18N2O3S. The quantitative estimate of drug-likeness (QED) is 0.512. The Kier molecular flexibility index (Phi) is 7.37. The minimum absolute atomic E-state index is 0.0255. The van der Waals surface area contributed by atoms with E-state index in [9.17, 15) is 9.59 Å². The first-order chi connectivity index (χ1) is 6.99. The van der Waals surface area contributed by atoms with Crippen molar-refractivity contribution < 1.29 is 14.7 Å². The summed E-state index contributed by atoms with van der Waals surface area (Å²) in [5.74, 6) is -0.817. The summed E-state index contributed by atoms with van der Waals surface area (Å²) in [6.07, 6.45) is 2.07. The van der Waals surface area contributed by atoms with E-state index in [1.165, 1.54) is 0 Å². The van der Waals surface area contributed by atoms with Gasteiger partial charge in [-0.15, -0.1) is 12.6 Å². The van der Waals surface area contributed by atoms with E-state index in [0.29, 0.717) is 0 Å². The fourth-order valence-corrected chi connectivity index (χ4v) is 1.24. The maximum Gasteiger partial charge on any atom is 0.320 e. The molecule has 88 valence electrons. The molecule has 1 fully saturated rings. The number of carbonyl (C=O) groups is 2. The van der Waals surface area contributed by atoms with Gasteiger partial charge < -0.3 is 15.7 Å². The third-order valence-corrected chi connectivity index (χ3v) is 2.47. The highest BCUT2D eigenvalue weighted by atomic mass is 32.1. The number of carboxylic acids is 1. The molecule has 0 aliphatic carbocycles. The molecule has 6 heteroatoms. The maximum absolute atomic E-state index is 10.4. The summed E-state index contributed by atoms with van der Waals surface area (Å²) in [5, 5.41) is 13.7. The number of hydrogen-bond acceptors (Lipinski definition) is 4. The van der Waals surface area contributed by atoms with Gasteiger partial charge in [0.1, 0.15) is 6.04 Å². The first-order valence-electron chi connectivity index (χ1n) is 4.85. The lowest BCUT2D eigenvalue weighted by molar-refractivity contribution is -0.138. The summed E-state index contributed by atoms with van der Waals surface area (Å²) < 4.78 is 0. The van der Waals surface area contributed by atoms with Gasteiger partial charge in [-0.2, -0.15) is 0 Å². The molecule has 1 aliphatic rings. The monoisotopic (exact) mass is 234 g/mol. The van der Waals surface area contributed by atoms with E-state index < -0.39 is 12.0 Å². The SMILES string of the molecule is CN[C@@H](C)C(=O)O.O=C(S)[C@@H]1CCCN1. The summed E-state index contributed by atoms with van der Waals surface area (Å²) >= 11 is 3.69. The Morgan fingerprint density at radius 2 is 2.20 bits per heavy atom. The first-order valence-corrected chi connectivity index (χ1v) is 5.30. The number of rotatable bonds is 3. The van der Waals surface area contributed by atoms with Gasteiger partial charge in [0.05, 0.1) is 6.04 Å². The van der Waals surface area contributed by atoms with Gasteiger partial charge in [0.2, 0.25) is 5.12 Å². The van der Waals surface area contributed by atoms with E-state index >= 15 is 0 Å². The molecule has 3 N–H and O–H groups in total. The summed E-state index contributed by atoms with van der Waals surface area (Å²) in [7, 11) is 1.61. The fourth-order valence-electron chi connectivity index (χ4n) is 1.02. The van der Waals surface area contributed by atoms with Crippen LogP contribution in [0.5, 0.6) is 0 Å². The molecule has 0 unspecified atom stereocenters. The van der Waals surface area contributed by atoms with Crippen LogP contribution < -0.4 is 10.6 Å². The van der Waals surface area contributed by atoms with Crippen molar-refractivity contribution in [1.82, 2.24) is 10.6 Å². The Balaban J connectivity index is 0.000000265. The van der Waals surface area contributed by atoms with Crippen molar-refractivity contribution in [3.8, 4) is 0 Å².